The van der Waals surface area contributed by atoms with Crippen LogP contribution in [0.15, 0.2) is 48.5 Å². The number of carbonyl (C=O) groups excluding carboxylic acids is 1. The first-order valence-electron chi connectivity index (χ1n) is 11.9. The van der Waals surface area contributed by atoms with Gasteiger partial charge in [0, 0.05) is 24.3 Å². The van der Waals surface area contributed by atoms with Gasteiger partial charge < -0.3 is 4.90 Å². The molecule has 0 spiro atoms. The zero-order valence-electron chi connectivity index (χ0n) is 19.0. The smallest absolute Gasteiger partial charge is 0.162 e. The number of rotatable bonds is 12. The number of ketones is 1. The van der Waals surface area contributed by atoms with Crippen LogP contribution in [0.1, 0.15) is 82.5 Å². The van der Waals surface area contributed by atoms with E-state index >= 15 is 0 Å². The van der Waals surface area contributed by atoms with Crippen molar-refractivity contribution in [3.8, 4) is 0 Å². The highest BCUT2D eigenvalue weighted by atomic mass is 16.1. The van der Waals surface area contributed by atoms with E-state index in [2.05, 4.69) is 67.3 Å². The molecule has 3 aromatic rings. The van der Waals surface area contributed by atoms with Crippen molar-refractivity contribution in [3.63, 3.8) is 0 Å². The summed E-state index contributed by atoms with van der Waals surface area (Å²) in [5.74, 6) is 0.165. The van der Waals surface area contributed by atoms with E-state index in [9.17, 15) is 4.79 Å². The third-order valence-corrected chi connectivity index (χ3v) is 6.12. The van der Waals surface area contributed by atoms with Crippen LogP contribution in [-0.2, 0) is 0 Å². The second-order valence-electron chi connectivity index (χ2n) is 8.54. The highest BCUT2D eigenvalue weighted by molar-refractivity contribution is 6.14. The molecular formula is C28H37NO. The van der Waals surface area contributed by atoms with Crippen LogP contribution in [0.2, 0.25) is 0 Å². The van der Waals surface area contributed by atoms with E-state index in [1.54, 1.807) is 6.92 Å². The molecule has 30 heavy (non-hydrogen) atoms. The average molecular weight is 404 g/mol. The van der Waals surface area contributed by atoms with E-state index in [0.29, 0.717) is 0 Å². The molecule has 0 saturated carbocycles. The molecule has 0 amide bonds. The van der Waals surface area contributed by atoms with Gasteiger partial charge in [0.25, 0.3) is 0 Å². The Morgan fingerprint density at radius 1 is 0.733 bits per heavy atom. The van der Waals surface area contributed by atoms with Gasteiger partial charge in [-0.3, -0.25) is 4.79 Å². The summed E-state index contributed by atoms with van der Waals surface area (Å²) in [5.41, 5.74) is 2.02. The molecule has 0 bridgehead atoms. The number of unbranched alkanes of at least 4 members (excludes halogenated alkanes) is 6. The zero-order chi connectivity index (χ0) is 21.3. The molecule has 0 aliphatic rings. The number of benzene rings is 3. The first-order valence-corrected chi connectivity index (χ1v) is 11.9. The predicted octanol–water partition coefficient (Wildman–Crippen LogP) is 8.16. The molecule has 2 nitrogen and oxygen atoms in total. The minimum absolute atomic E-state index is 0.165. The van der Waals surface area contributed by atoms with E-state index in [-0.39, 0.29) is 5.78 Å². The van der Waals surface area contributed by atoms with Crippen molar-refractivity contribution < 1.29 is 4.79 Å². The highest BCUT2D eigenvalue weighted by Gasteiger charge is 2.17. The average Bonchev–Trinajstić information content (AvgIpc) is 2.75. The van der Waals surface area contributed by atoms with Gasteiger partial charge in [0.05, 0.1) is 0 Å². The van der Waals surface area contributed by atoms with Crippen LogP contribution in [0.25, 0.3) is 21.5 Å². The number of hydrogen-bond acceptors (Lipinski definition) is 2. The van der Waals surface area contributed by atoms with Gasteiger partial charge in [0.15, 0.2) is 5.78 Å². The maximum Gasteiger partial charge on any atom is 0.162 e. The van der Waals surface area contributed by atoms with E-state index < -0.39 is 0 Å². The normalized spacial score (nSPS) is 11.3. The monoisotopic (exact) mass is 403 g/mol. The second kappa shape index (κ2) is 11.2. The molecule has 0 aromatic heterocycles. The zero-order valence-corrected chi connectivity index (χ0v) is 19.0. The van der Waals surface area contributed by atoms with Gasteiger partial charge in [0.1, 0.15) is 0 Å². The summed E-state index contributed by atoms with van der Waals surface area (Å²) in [6.07, 6.45) is 9.96. The van der Waals surface area contributed by atoms with Crippen molar-refractivity contribution in [2.75, 3.05) is 18.0 Å². The first kappa shape index (κ1) is 22.3. The van der Waals surface area contributed by atoms with E-state index in [1.165, 1.54) is 62.1 Å². The van der Waals surface area contributed by atoms with Crippen molar-refractivity contribution in [1.82, 2.24) is 0 Å². The predicted molar refractivity (Wildman–Crippen MR) is 132 cm³/mol. The molecule has 3 rings (SSSR count). The van der Waals surface area contributed by atoms with Gasteiger partial charge in [-0.1, -0.05) is 82.7 Å². The summed E-state index contributed by atoms with van der Waals surface area (Å²) in [4.78, 5) is 15.3. The van der Waals surface area contributed by atoms with Crippen molar-refractivity contribution in [2.45, 2.75) is 72.1 Å². The van der Waals surface area contributed by atoms with E-state index in [1.807, 2.05) is 0 Å². The lowest BCUT2D eigenvalue weighted by atomic mass is 9.95. The van der Waals surface area contributed by atoms with Gasteiger partial charge >= 0.3 is 0 Å². The lowest BCUT2D eigenvalue weighted by Crippen LogP contribution is -2.27. The van der Waals surface area contributed by atoms with Crippen molar-refractivity contribution in [3.05, 3.63) is 54.1 Å². The molecule has 0 atom stereocenters. The molecule has 0 N–H and O–H groups in total. The first-order chi connectivity index (χ1) is 14.7. The Bertz CT molecular complexity index is 963. The molecule has 0 unspecified atom stereocenters. The highest BCUT2D eigenvalue weighted by Crippen LogP contribution is 2.33. The minimum Gasteiger partial charge on any atom is -0.371 e. The topological polar surface area (TPSA) is 20.3 Å². The summed E-state index contributed by atoms with van der Waals surface area (Å²) in [5, 5.41) is 4.66. The molecule has 0 radical (unpaired) electrons. The Kier molecular flexibility index (Phi) is 8.30. The lowest BCUT2D eigenvalue weighted by Gasteiger charge is -2.28. The van der Waals surface area contributed by atoms with E-state index in [0.717, 1.165) is 35.1 Å². The quantitative estimate of drug-likeness (QED) is 0.173. The van der Waals surface area contributed by atoms with Gasteiger partial charge in [-0.15, -0.1) is 0 Å². The Balaban J connectivity index is 2.00. The number of fused-ring (bicyclic) bond motifs is 2. The maximum atomic E-state index is 12.8. The molecule has 0 saturated heterocycles. The molecule has 3 aromatic carbocycles. The summed E-state index contributed by atoms with van der Waals surface area (Å²) < 4.78 is 0. The fourth-order valence-electron chi connectivity index (χ4n) is 4.45. The number of carbonyl (C=O) groups is 1. The standard InChI is InChI=1S/C28H37NO/c1-4-6-8-12-18-29(19-13-9-7-5-2)27-17-16-25-20-23-14-10-11-15-24(23)21-26(25)28(27)22(3)30/h10-11,14-17,20-21H,4-9,12-13,18-19H2,1-3H3. The van der Waals surface area contributed by atoms with Crippen molar-refractivity contribution in [2.24, 2.45) is 0 Å². The summed E-state index contributed by atoms with van der Waals surface area (Å²) in [7, 11) is 0. The van der Waals surface area contributed by atoms with Crippen LogP contribution in [0.5, 0.6) is 0 Å². The Morgan fingerprint density at radius 3 is 1.90 bits per heavy atom. The minimum atomic E-state index is 0.165. The summed E-state index contributed by atoms with van der Waals surface area (Å²) in [6, 6.07) is 17.2. The van der Waals surface area contributed by atoms with Gasteiger partial charge in [-0.25, -0.2) is 0 Å². The largest absolute Gasteiger partial charge is 0.371 e. The fraction of sp³-hybridized carbons (Fsp3) is 0.464. The lowest BCUT2D eigenvalue weighted by molar-refractivity contribution is 0.101. The van der Waals surface area contributed by atoms with Crippen LogP contribution >= 0.6 is 0 Å². The van der Waals surface area contributed by atoms with Crippen LogP contribution in [-0.4, -0.2) is 18.9 Å². The fourth-order valence-corrected chi connectivity index (χ4v) is 4.45. The second-order valence-corrected chi connectivity index (χ2v) is 8.54. The van der Waals surface area contributed by atoms with Crippen LogP contribution in [0.4, 0.5) is 5.69 Å². The number of nitrogens with zero attached hydrogens (tertiary/aromatic N) is 1. The molecule has 0 fully saturated rings. The SMILES string of the molecule is CCCCCCN(CCCCCC)c1ccc2cc3ccccc3cc2c1C(C)=O. The molecule has 0 aliphatic heterocycles. The maximum absolute atomic E-state index is 12.8. The number of Topliss-reactive ketones (excluding diaryl/α,β-unsaturated/α-hetero) is 1. The van der Waals surface area contributed by atoms with Crippen molar-refractivity contribution in [1.29, 1.82) is 0 Å². The Hall–Kier alpha value is -2.35. The van der Waals surface area contributed by atoms with Gasteiger partial charge in [-0.2, -0.15) is 0 Å². The third kappa shape index (κ3) is 5.41. The molecule has 0 heterocycles. The summed E-state index contributed by atoms with van der Waals surface area (Å²) in [6.45, 7) is 8.30. The van der Waals surface area contributed by atoms with Gasteiger partial charge in [0.2, 0.25) is 0 Å². The number of anilines is 1. The molecule has 0 aliphatic carbocycles. The Morgan fingerprint density at radius 2 is 1.33 bits per heavy atom. The molecule has 160 valence electrons. The number of hydrogen-bond donors (Lipinski definition) is 0. The van der Waals surface area contributed by atoms with Crippen LogP contribution < -0.4 is 4.90 Å². The van der Waals surface area contributed by atoms with Gasteiger partial charge in [-0.05, 0) is 59.5 Å². The molecule has 2 heteroatoms. The van der Waals surface area contributed by atoms with E-state index in [4.69, 9.17) is 0 Å². The van der Waals surface area contributed by atoms with Crippen LogP contribution in [0.3, 0.4) is 0 Å². The van der Waals surface area contributed by atoms with Crippen molar-refractivity contribution >= 4 is 33.0 Å². The summed E-state index contributed by atoms with van der Waals surface area (Å²) >= 11 is 0. The Labute approximate surface area is 182 Å². The molecular weight excluding hydrogens is 366 g/mol. The third-order valence-electron chi connectivity index (χ3n) is 6.12. The van der Waals surface area contributed by atoms with Crippen LogP contribution in [0, 0.1) is 0 Å².